The van der Waals surface area contributed by atoms with E-state index in [2.05, 4.69) is 0 Å². The Bertz CT molecular complexity index is 825. The number of rotatable bonds is 7. The zero-order chi connectivity index (χ0) is 18.4. The predicted molar refractivity (Wildman–Crippen MR) is 99.8 cm³/mol. The molecule has 0 aliphatic carbocycles. The highest BCUT2D eigenvalue weighted by atomic mass is 32.2. The third-order valence-corrected chi connectivity index (χ3v) is 6.01. The third kappa shape index (κ3) is 4.35. The summed E-state index contributed by atoms with van der Waals surface area (Å²) < 4.78 is 39.1. The zero-order valence-corrected chi connectivity index (χ0v) is 15.5. The smallest absolute Gasteiger partial charge is 0.243 e. The lowest BCUT2D eigenvalue weighted by Crippen LogP contribution is -2.32. The van der Waals surface area contributed by atoms with Crippen LogP contribution in [-0.4, -0.2) is 39.0 Å². The number of hydrogen-bond donors (Lipinski definition) is 1. The SMILES string of the molecule is NCCCN(Cc1ccccc1)S(=O)(=O)c1ccc2c(c1)OCCCO2. The van der Waals surface area contributed by atoms with Crippen molar-refractivity contribution in [2.75, 3.05) is 26.3 Å². The lowest BCUT2D eigenvalue weighted by atomic mass is 10.2. The minimum atomic E-state index is -3.67. The number of benzene rings is 2. The molecular formula is C19H24N2O4S. The van der Waals surface area contributed by atoms with Gasteiger partial charge >= 0.3 is 0 Å². The number of nitrogens with two attached hydrogens (primary N) is 1. The molecule has 26 heavy (non-hydrogen) atoms. The Morgan fingerprint density at radius 3 is 2.46 bits per heavy atom. The lowest BCUT2D eigenvalue weighted by molar-refractivity contribution is 0.296. The average molecular weight is 376 g/mol. The van der Waals surface area contributed by atoms with Crippen molar-refractivity contribution in [3.63, 3.8) is 0 Å². The minimum absolute atomic E-state index is 0.203. The van der Waals surface area contributed by atoms with Crippen molar-refractivity contribution in [1.29, 1.82) is 0 Å². The highest BCUT2D eigenvalue weighted by Crippen LogP contribution is 2.33. The van der Waals surface area contributed by atoms with Crippen molar-refractivity contribution in [3.8, 4) is 11.5 Å². The van der Waals surface area contributed by atoms with Gasteiger partial charge < -0.3 is 15.2 Å². The van der Waals surface area contributed by atoms with Gasteiger partial charge in [0.2, 0.25) is 10.0 Å². The Hall–Kier alpha value is -2.09. The van der Waals surface area contributed by atoms with Crippen LogP contribution in [0.4, 0.5) is 0 Å². The van der Waals surface area contributed by atoms with E-state index in [9.17, 15) is 8.42 Å². The molecule has 140 valence electrons. The molecule has 0 atom stereocenters. The van der Waals surface area contributed by atoms with Crippen molar-refractivity contribution in [2.24, 2.45) is 5.73 Å². The molecule has 1 aliphatic heterocycles. The molecule has 3 rings (SSSR count). The molecular weight excluding hydrogens is 352 g/mol. The first-order chi connectivity index (χ1) is 12.6. The summed E-state index contributed by atoms with van der Waals surface area (Å²) >= 11 is 0. The topological polar surface area (TPSA) is 81.9 Å². The number of fused-ring (bicyclic) bond motifs is 1. The van der Waals surface area contributed by atoms with E-state index in [0.29, 0.717) is 50.8 Å². The number of sulfonamides is 1. The third-order valence-electron chi connectivity index (χ3n) is 4.17. The van der Waals surface area contributed by atoms with Gasteiger partial charge in [-0.3, -0.25) is 0 Å². The number of ether oxygens (including phenoxy) is 2. The van der Waals surface area contributed by atoms with Gasteiger partial charge in [0.25, 0.3) is 0 Å². The second-order valence-corrected chi connectivity index (χ2v) is 8.06. The first-order valence-corrected chi connectivity index (χ1v) is 10.2. The van der Waals surface area contributed by atoms with E-state index in [1.165, 1.54) is 4.31 Å². The summed E-state index contributed by atoms with van der Waals surface area (Å²) in [6.07, 6.45) is 1.37. The van der Waals surface area contributed by atoms with Crippen LogP contribution >= 0.6 is 0 Å². The minimum Gasteiger partial charge on any atom is -0.490 e. The van der Waals surface area contributed by atoms with Gasteiger partial charge in [-0.2, -0.15) is 4.31 Å². The van der Waals surface area contributed by atoms with Crippen LogP contribution in [0, 0.1) is 0 Å². The standard InChI is InChI=1S/C19H24N2O4S/c20-10-4-11-21(15-16-6-2-1-3-7-16)26(22,23)17-8-9-18-19(14-17)25-13-5-12-24-18/h1-3,6-9,14H,4-5,10-13,15,20H2. The van der Waals surface area contributed by atoms with Crippen LogP contribution in [0.25, 0.3) is 0 Å². The van der Waals surface area contributed by atoms with Gasteiger partial charge in [-0.25, -0.2) is 8.42 Å². The molecule has 0 saturated heterocycles. The van der Waals surface area contributed by atoms with E-state index in [-0.39, 0.29) is 4.90 Å². The normalized spacial score (nSPS) is 14.2. The Labute approximate surface area is 154 Å². The zero-order valence-electron chi connectivity index (χ0n) is 14.6. The van der Waals surface area contributed by atoms with Crippen LogP contribution < -0.4 is 15.2 Å². The maximum Gasteiger partial charge on any atom is 0.243 e. The van der Waals surface area contributed by atoms with Gasteiger partial charge in [0.05, 0.1) is 18.1 Å². The molecule has 2 N–H and O–H groups in total. The second kappa shape index (κ2) is 8.53. The Kier molecular flexibility index (Phi) is 6.13. The van der Waals surface area contributed by atoms with E-state index < -0.39 is 10.0 Å². The van der Waals surface area contributed by atoms with Crippen LogP contribution in [-0.2, 0) is 16.6 Å². The highest BCUT2D eigenvalue weighted by Gasteiger charge is 2.26. The molecule has 0 saturated carbocycles. The number of hydrogen-bond acceptors (Lipinski definition) is 5. The summed E-state index contributed by atoms with van der Waals surface area (Å²) in [4.78, 5) is 0.203. The van der Waals surface area contributed by atoms with Crippen LogP contribution in [0.1, 0.15) is 18.4 Å². The molecule has 0 spiro atoms. The Balaban J connectivity index is 1.90. The van der Waals surface area contributed by atoms with Crippen LogP contribution in [0.5, 0.6) is 11.5 Å². The molecule has 7 heteroatoms. The first kappa shape index (κ1) is 18.7. The fourth-order valence-corrected chi connectivity index (χ4v) is 4.27. The number of nitrogens with zero attached hydrogens (tertiary/aromatic N) is 1. The van der Waals surface area contributed by atoms with Crippen molar-refractivity contribution < 1.29 is 17.9 Å². The molecule has 6 nitrogen and oxygen atoms in total. The maximum atomic E-state index is 13.2. The van der Waals surface area contributed by atoms with Gasteiger partial charge in [-0.1, -0.05) is 30.3 Å². The fraction of sp³-hybridized carbons (Fsp3) is 0.368. The monoisotopic (exact) mass is 376 g/mol. The van der Waals surface area contributed by atoms with E-state index in [1.807, 2.05) is 30.3 Å². The largest absolute Gasteiger partial charge is 0.490 e. The Morgan fingerprint density at radius 2 is 1.73 bits per heavy atom. The molecule has 0 radical (unpaired) electrons. The van der Waals surface area contributed by atoms with Gasteiger partial charge in [0, 0.05) is 25.6 Å². The molecule has 2 aromatic carbocycles. The highest BCUT2D eigenvalue weighted by molar-refractivity contribution is 7.89. The fourth-order valence-electron chi connectivity index (χ4n) is 2.79. The van der Waals surface area contributed by atoms with E-state index in [4.69, 9.17) is 15.2 Å². The summed E-state index contributed by atoms with van der Waals surface area (Å²) in [7, 11) is -3.67. The quantitative estimate of drug-likeness (QED) is 0.802. The molecule has 2 aromatic rings. The summed E-state index contributed by atoms with van der Waals surface area (Å²) in [6, 6.07) is 14.3. The summed E-state index contributed by atoms with van der Waals surface area (Å²) in [5.74, 6) is 1.06. The van der Waals surface area contributed by atoms with Crippen LogP contribution in [0.3, 0.4) is 0 Å². The van der Waals surface area contributed by atoms with Crippen molar-refractivity contribution >= 4 is 10.0 Å². The van der Waals surface area contributed by atoms with Gasteiger partial charge in [-0.05, 0) is 30.7 Å². The van der Waals surface area contributed by atoms with Crippen LogP contribution in [0.2, 0.25) is 0 Å². The van der Waals surface area contributed by atoms with Crippen molar-refractivity contribution in [3.05, 3.63) is 54.1 Å². The molecule has 0 fully saturated rings. The summed E-state index contributed by atoms with van der Waals surface area (Å²) in [5, 5.41) is 0. The molecule has 1 aliphatic rings. The van der Waals surface area contributed by atoms with E-state index in [0.717, 1.165) is 12.0 Å². The van der Waals surface area contributed by atoms with E-state index in [1.54, 1.807) is 18.2 Å². The summed E-state index contributed by atoms with van der Waals surface area (Å²) in [6.45, 7) is 2.18. The van der Waals surface area contributed by atoms with Crippen molar-refractivity contribution in [1.82, 2.24) is 4.31 Å². The van der Waals surface area contributed by atoms with Crippen molar-refractivity contribution in [2.45, 2.75) is 24.3 Å². The predicted octanol–water partition coefficient (Wildman–Crippen LogP) is 2.39. The summed E-state index contributed by atoms with van der Waals surface area (Å²) in [5.41, 5.74) is 6.54. The average Bonchev–Trinajstić information content (AvgIpc) is 2.90. The van der Waals surface area contributed by atoms with Crippen LogP contribution in [0.15, 0.2) is 53.4 Å². The molecule has 0 bridgehead atoms. The van der Waals surface area contributed by atoms with Gasteiger partial charge in [0.1, 0.15) is 0 Å². The van der Waals surface area contributed by atoms with Gasteiger partial charge in [0.15, 0.2) is 11.5 Å². The molecule has 1 heterocycles. The first-order valence-electron chi connectivity index (χ1n) is 8.75. The second-order valence-electron chi connectivity index (χ2n) is 6.13. The van der Waals surface area contributed by atoms with Gasteiger partial charge in [-0.15, -0.1) is 0 Å². The van der Waals surface area contributed by atoms with E-state index >= 15 is 0 Å². The lowest BCUT2D eigenvalue weighted by Gasteiger charge is -2.22. The molecule has 0 amide bonds. The maximum absolute atomic E-state index is 13.2. The molecule has 0 unspecified atom stereocenters. The molecule has 0 aromatic heterocycles. The Morgan fingerprint density at radius 1 is 1.00 bits per heavy atom.